The zero-order chi connectivity index (χ0) is 15.1. The van der Waals surface area contributed by atoms with E-state index in [0.717, 1.165) is 45.5 Å². The van der Waals surface area contributed by atoms with E-state index in [1.165, 1.54) is 0 Å². The number of carbonyl (C=O) groups excluding carboxylic acids is 1. The summed E-state index contributed by atoms with van der Waals surface area (Å²) in [5.74, 6) is -0.769. The van der Waals surface area contributed by atoms with Gasteiger partial charge in [-0.25, -0.2) is 0 Å². The summed E-state index contributed by atoms with van der Waals surface area (Å²) in [5.41, 5.74) is 0. The topological polar surface area (TPSA) is 82.1 Å². The average Bonchev–Trinajstić information content (AvgIpc) is 2.86. The third-order valence-corrected chi connectivity index (χ3v) is 3.96. The van der Waals surface area contributed by atoms with Crippen LogP contribution >= 0.6 is 0 Å². The molecule has 1 atom stereocenters. The summed E-state index contributed by atoms with van der Waals surface area (Å²) in [6.07, 6.45) is 3.16. The number of nitrogens with zero attached hydrogens (tertiary/aromatic N) is 2. The number of nitrogens with one attached hydrogen (secondary N) is 1. The lowest BCUT2D eigenvalue weighted by atomic mass is 10.2. The van der Waals surface area contributed by atoms with Gasteiger partial charge in [-0.05, 0) is 25.8 Å². The van der Waals surface area contributed by atoms with Crippen LogP contribution in [-0.2, 0) is 14.3 Å². The Morgan fingerprint density at radius 1 is 1.10 bits per heavy atom. The summed E-state index contributed by atoms with van der Waals surface area (Å²) < 4.78 is 5.47. The third-order valence-electron chi connectivity index (χ3n) is 3.96. The number of amides is 1. The van der Waals surface area contributed by atoms with Crippen LogP contribution in [0, 0.1) is 0 Å². The number of rotatable bonds is 6. The molecule has 7 heteroatoms. The van der Waals surface area contributed by atoms with E-state index in [4.69, 9.17) is 9.84 Å². The largest absolute Gasteiger partial charge is 0.480 e. The average molecular weight is 299 g/mol. The molecule has 0 aliphatic carbocycles. The molecule has 2 saturated heterocycles. The van der Waals surface area contributed by atoms with Gasteiger partial charge in [0.05, 0.1) is 19.2 Å². The highest BCUT2D eigenvalue weighted by Crippen LogP contribution is 2.10. The fraction of sp³-hybridized carbons (Fsp3) is 0.857. The first kappa shape index (κ1) is 16.2. The van der Waals surface area contributed by atoms with E-state index in [9.17, 15) is 9.59 Å². The highest BCUT2D eigenvalue weighted by molar-refractivity contribution is 5.78. The minimum atomic E-state index is -0.794. The Morgan fingerprint density at radius 3 is 2.43 bits per heavy atom. The van der Waals surface area contributed by atoms with Crippen molar-refractivity contribution in [3.05, 3.63) is 0 Å². The molecule has 2 aliphatic heterocycles. The highest BCUT2D eigenvalue weighted by atomic mass is 16.5. The fourth-order valence-electron chi connectivity index (χ4n) is 2.82. The normalized spacial score (nSPS) is 24.7. The summed E-state index contributed by atoms with van der Waals surface area (Å²) in [6, 6.07) is 0. The van der Waals surface area contributed by atoms with Gasteiger partial charge in [0.25, 0.3) is 0 Å². The lowest BCUT2D eigenvalue weighted by Gasteiger charge is -2.20. The second-order valence-electron chi connectivity index (χ2n) is 5.74. The van der Waals surface area contributed by atoms with Crippen LogP contribution in [0.15, 0.2) is 0 Å². The van der Waals surface area contributed by atoms with E-state index in [0.29, 0.717) is 19.6 Å². The lowest BCUT2D eigenvalue weighted by molar-refractivity contribution is -0.138. The van der Waals surface area contributed by atoms with E-state index in [1.807, 2.05) is 4.90 Å². The molecule has 0 aromatic rings. The molecule has 2 fully saturated rings. The number of ether oxygens (including phenoxy) is 1. The first-order chi connectivity index (χ1) is 10.1. The van der Waals surface area contributed by atoms with Crippen molar-refractivity contribution in [2.45, 2.75) is 25.4 Å². The van der Waals surface area contributed by atoms with E-state index >= 15 is 0 Å². The van der Waals surface area contributed by atoms with Crippen molar-refractivity contribution in [1.29, 1.82) is 0 Å². The van der Waals surface area contributed by atoms with Crippen molar-refractivity contribution in [1.82, 2.24) is 15.1 Å². The maximum absolute atomic E-state index is 11.9. The molecule has 7 nitrogen and oxygen atoms in total. The van der Waals surface area contributed by atoms with Crippen LogP contribution < -0.4 is 5.32 Å². The predicted molar refractivity (Wildman–Crippen MR) is 77.1 cm³/mol. The van der Waals surface area contributed by atoms with Gasteiger partial charge in [0.2, 0.25) is 5.91 Å². The van der Waals surface area contributed by atoms with Crippen LogP contribution in [0.1, 0.15) is 19.3 Å². The monoisotopic (exact) mass is 299 g/mol. The highest BCUT2D eigenvalue weighted by Gasteiger charge is 2.20. The Bertz CT molecular complexity index is 358. The van der Waals surface area contributed by atoms with Gasteiger partial charge in [-0.1, -0.05) is 0 Å². The summed E-state index contributed by atoms with van der Waals surface area (Å²) in [5, 5.41) is 11.7. The molecule has 0 bridgehead atoms. The molecule has 1 unspecified atom stereocenters. The second-order valence-corrected chi connectivity index (χ2v) is 5.74. The maximum atomic E-state index is 11.9. The summed E-state index contributed by atoms with van der Waals surface area (Å²) in [7, 11) is 0. The van der Waals surface area contributed by atoms with Gasteiger partial charge in [0.15, 0.2) is 0 Å². The lowest BCUT2D eigenvalue weighted by Crippen LogP contribution is -2.41. The molecule has 0 aromatic carbocycles. The van der Waals surface area contributed by atoms with E-state index < -0.39 is 5.97 Å². The van der Waals surface area contributed by atoms with Crippen LogP contribution in [0.3, 0.4) is 0 Å². The zero-order valence-electron chi connectivity index (χ0n) is 12.4. The van der Waals surface area contributed by atoms with Crippen LogP contribution in [0.4, 0.5) is 0 Å². The molecule has 0 saturated carbocycles. The van der Waals surface area contributed by atoms with Crippen molar-refractivity contribution >= 4 is 11.9 Å². The van der Waals surface area contributed by atoms with Crippen LogP contribution in [0.25, 0.3) is 0 Å². The molecule has 0 spiro atoms. The molecule has 0 radical (unpaired) electrons. The second kappa shape index (κ2) is 8.31. The predicted octanol–water partition coefficient (Wildman–Crippen LogP) is -0.626. The van der Waals surface area contributed by atoms with Crippen molar-refractivity contribution in [3.8, 4) is 0 Å². The van der Waals surface area contributed by atoms with Gasteiger partial charge in [0.1, 0.15) is 0 Å². The van der Waals surface area contributed by atoms with Gasteiger partial charge in [0, 0.05) is 32.8 Å². The fourth-order valence-corrected chi connectivity index (χ4v) is 2.82. The molecule has 21 heavy (non-hydrogen) atoms. The van der Waals surface area contributed by atoms with E-state index in [-0.39, 0.29) is 18.6 Å². The van der Waals surface area contributed by atoms with Gasteiger partial charge < -0.3 is 15.2 Å². The van der Waals surface area contributed by atoms with Crippen LogP contribution in [0.2, 0.25) is 0 Å². The Kier molecular flexibility index (Phi) is 6.41. The van der Waals surface area contributed by atoms with Gasteiger partial charge in [-0.3, -0.25) is 19.4 Å². The van der Waals surface area contributed by atoms with Gasteiger partial charge >= 0.3 is 5.97 Å². The molecule has 0 aromatic heterocycles. The third kappa shape index (κ3) is 5.99. The first-order valence-electron chi connectivity index (χ1n) is 7.68. The Labute approximate surface area is 125 Å². The molecule has 2 aliphatic rings. The smallest absolute Gasteiger partial charge is 0.317 e. The Hall–Kier alpha value is -1.18. The number of hydrogen-bond acceptors (Lipinski definition) is 5. The molecule has 1 amide bonds. The van der Waals surface area contributed by atoms with Crippen molar-refractivity contribution in [3.63, 3.8) is 0 Å². The molecular weight excluding hydrogens is 274 g/mol. The number of carbonyl (C=O) groups is 2. The molecule has 120 valence electrons. The standard InChI is InChI=1S/C14H25N3O4/c18-13(15-9-12-3-1-8-21-12)10-16-4-2-5-17(7-6-16)11-14(19)20/h12H,1-11H2,(H,15,18)(H,19,20). The van der Waals surface area contributed by atoms with Gasteiger partial charge in [-0.15, -0.1) is 0 Å². The van der Waals surface area contributed by atoms with Gasteiger partial charge in [-0.2, -0.15) is 0 Å². The number of carboxylic acid groups (broad SMARTS) is 1. The summed E-state index contributed by atoms with van der Waals surface area (Å²) >= 11 is 0. The minimum Gasteiger partial charge on any atom is -0.480 e. The Morgan fingerprint density at radius 2 is 1.81 bits per heavy atom. The Balaban J connectivity index is 1.65. The van der Waals surface area contributed by atoms with E-state index in [1.54, 1.807) is 0 Å². The summed E-state index contributed by atoms with van der Waals surface area (Å²) in [6.45, 7) is 4.91. The van der Waals surface area contributed by atoms with Crippen molar-refractivity contribution < 1.29 is 19.4 Å². The van der Waals surface area contributed by atoms with Crippen LogP contribution in [0.5, 0.6) is 0 Å². The van der Waals surface area contributed by atoms with Crippen molar-refractivity contribution in [2.75, 3.05) is 52.4 Å². The molecule has 2 N–H and O–H groups in total. The zero-order valence-corrected chi connectivity index (χ0v) is 12.4. The number of hydrogen-bond donors (Lipinski definition) is 2. The first-order valence-corrected chi connectivity index (χ1v) is 7.68. The summed E-state index contributed by atoms with van der Waals surface area (Å²) in [4.78, 5) is 26.7. The van der Waals surface area contributed by atoms with Crippen molar-refractivity contribution in [2.24, 2.45) is 0 Å². The SMILES string of the molecule is O=C(O)CN1CCCN(CC(=O)NCC2CCCO2)CC1. The number of aliphatic carboxylic acids is 1. The molecule has 2 heterocycles. The number of carboxylic acids is 1. The molecule has 2 rings (SSSR count). The van der Waals surface area contributed by atoms with E-state index in [2.05, 4.69) is 10.2 Å². The molecular formula is C14H25N3O4. The maximum Gasteiger partial charge on any atom is 0.317 e. The minimum absolute atomic E-state index is 0.0252. The van der Waals surface area contributed by atoms with Crippen LogP contribution in [-0.4, -0.2) is 85.3 Å². The quantitative estimate of drug-likeness (QED) is 0.680.